The Hall–Kier alpha value is -6.30. The molecule has 4 aromatic carbocycles. The van der Waals surface area contributed by atoms with Gasteiger partial charge in [0, 0.05) is 54.0 Å². The van der Waals surface area contributed by atoms with Crippen LogP contribution in [0.25, 0.3) is 21.5 Å². The van der Waals surface area contributed by atoms with Crippen LogP contribution in [0.2, 0.25) is 0 Å². The molecule has 0 saturated heterocycles. The Balaban J connectivity index is 0.00000316. The summed E-state index contributed by atoms with van der Waals surface area (Å²) in [6, 6.07) is 21.9. The Kier molecular flexibility index (Phi) is 13.7. The number of anilines is 1. The van der Waals surface area contributed by atoms with Gasteiger partial charge in [0.25, 0.3) is 0 Å². The zero-order valence-corrected chi connectivity index (χ0v) is 37.2. The number of benzene rings is 4. The number of carboxylic acid groups (broad SMARTS) is 1. The number of allylic oxidation sites excluding steroid dienone is 4. The lowest BCUT2D eigenvalue weighted by Gasteiger charge is -2.27. The number of aliphatic carboxylic acids is 1. The summed E-state index contributed by atoms with van der Waals surface area (Å²) in [5, 5.41) is 24.9. The topological polar surface area (TPSA) is 160 Å². The molecule has 3 heterocycles. The van der Waals surface area contributed by atoms with Crippen LogP contribution in [-0.4, -0.2) is 82.8 Å². The number of fused-ring (bicyclic) bond motifs is 9. The molecule has 3 atom stereocenters. The molecule has 5 N–H and O–H groups in total. The maximum atomic E-state index is 13.6. The highest BCUT2D eigenvalue weighted by Gasteiger charge is 2.46. The number of nitrogens with zero attached hydrogens (tertiary/aromatic N) is 2. The summed E-state index contributed by atoms with van der Waals surface area (Å²) in [6.45, 7) is 16.8. The number of nitrogens with one attached hydrogen (secondary N) is 4. The van der Waals surface area contributed by atoms with Crippen LogP contribution >= 0.6 is 0 Å². The molecule has 0 bridgehead atoms. The molecule has 3 aliphatic heterocycles. The highest BCUT2D eigenvalue weighted by molar-refractivity contribution is 6.08. The van der Waals surface area contributed by atoms with Crippen molar-refractivity contribution >= 4 is 68.2 Å². The van der Waals surface area contributed by atoms with Gasteiger partial charge in [-0.3, -0.25) is 24.0 Å². The highest BCUT2D eigenvalue weighted by Crippen LogP contribution is 2.51. The molecule has 0 fully saturated rings. The Morgan fingerprint density at radius 1 is 0.839 bits per heavy atom. The molecule has 12 nitrogen and oxygen atoms in total. The summed E-state index contributed by atoms with van der Waals surface area (Å²) in [5.41, 5.74) is 5.64. The molecule has 4 amide bonds. The van der Waals surface area contributed by atoms with E-state index >= 15 is 0 Å². The van der Waals surface area contributed by atoms with Gasteiger partial charge >= 0.3 is 5.97 Å². The van der Waals surface area contributed by atoms with Crippen molar-refractivity contribution in [3.63, 3.8) is 0 Å². The molecule has 326 valence electrons. The van der Waals surface area contributed by atoms with Crippen molar-refractivity contribution < 1.29 is 33.7 Å². The van der Waals surface area contributed by atoms with E-state index < -0.39 is 46.7 Å². The van der Waals surface area contributed by atoms with Gasteiger partial charge in [-0.1, -0.05) is 88.4 Å². The van der Waals surface area contributed by atoms with Gasteiger partial charge < -0.3 is 31.3 Å². The summed E-state index contributed by atoms with van der Waals surface area (Å²) in [6.07, 6.45) is 7.14. The van der Waals surface area contributed by atoms with Crippen LogP contribution in [0.5, 0.6) is 0 Å². The second-order valence-electron chi connectivity index (χ2n) is 17.1. The van der Waals surface area contributed by atoms with Crippen LogP contribution in [0.15, 0.2) is 96.7 Å². The second kappa shape index (κ2) is 18.8. The fraction of sp³-hybridized carbons (Fsp3) is 0.400. The second-order valence-corrected chi connectivity index (χ2v) is 17.1. The number of rotatable bonds is 3. The molecular weight excluding hydrogens is 781 g/mol. The lowest BCUT2D eigenvalue weighted by molar-refractivity contribution is -0.436. The first-order valence-corrected chi connectivity index (χ1v) is 21.8. The Morgan fingerprint density at radius 2 is 1.48 bits per heavy atom. The van der Waals surface area contributed by atoms with Crippen molar-refractivity contribution in [1.82, 2.24) is 21.3 Å². The lowest BCUT2D eigenvalue weighted by Crippen LogP contribution is -2.54. The van der Waals surface area contributed by atoms with Crippen LogP contribution in [0.3, 0.4) is 0 Å². The van der Waals surface area contributed by atoms with Crippen LogP contribution in [-0.2, 0) is 34.8 Å². The van der Waals surface area contributed by atoms with Gasteiger partial charge in [0.15, 0.2) is 12.3 Å². The third-order valence-corrected chi connectivity index (χ3v) is 12.3. The Bertz CT molecular complexity index is 2500. The summed E-state index contributed by atoms with van der Waals surface area (Å²) in [5.74, 6) is -2.98. The van der Waals surface area contributed by atoms with Crippen LogP contribution in [0, 0.1) is 0 Å². The van der Waals surface area contributed by atoms with Crippen molar-refractivity contribution in [3.8, 4) is 0 Å². The largest absolute Gasteiger partial charge is 0.480 e. The molecule has 0 aromatic heterocycles. The van der Waals surface area contributed by atoms with E-state index in [0.29, 0.717) is 19.5 Å². The minimum atomic E-state index is -1.22. The van der Waals surface area contributed by atoms with E-state index in [1.807, 2.05) is 32.0 Å². The zero-order valence-electron chi connectivity index (χ0n) is 37.2. The van der Waals surface area contributed by atoms with Crippen molar-refractivity contribution in [3.05, 3.63) is 108 Å². The number of carbonyl (C=O) groups is 5. The van der Waals surface area contributed by atoms with E-state index in [1.54, 1.807) is 6.92 Å². The van der Waals surface area contributed by atoms with Gasteiger partial charge in [-0.15, -0.1) is 0 Å². The highest BCUT2D eigenvalue weighted by atomic mass is 16.4. The molecule has 12 heteroatoms. The molecule has 0 radical (unpaired) electrons. The standard InChI is InChI=1S/C48H54N6O6.C2H6/c1-29-44(57)52-35(45(58)51-30(2)46(59)60)17-12-26-49-40(55)24-27-53-36-22-20-31-13-7-9-15-33(31)42(36)47(3,4)38(53)18-11-19-39-48(5,6)43-34-16-10-8-14-32(34)21-23-37(43)54(39)28-25-41(56)50-29;1-2/h7-11,13-16,18-23,29-30,35H,12,17,24-28H2,1-6H3,(H4-,49,50,51,52,55,56,57,58,59,60);1-2H3/p+1/t29-,30-,35-;/m0./s1. The molecule has 7 rings (SSSR count). The number of carbonyl (C=O) groups excluding carboxylic acids is 4. The van der Waals surface area contributed by atoms with Crippen molar-refractivity contribution in [2.45, 2.75) is 110 Å². The first kappa shape index (κ1) is 45.2. The molecule has 0 spiro atoms. The number of carboxylic acids is 1. The van der Waals surface area contributed by atoms with Gasteiger partial charge in [0.2, 0.25) is 29.3 Å². The van der Waals surface area contributed by atoms with Gasteiger partial charge in [-0.05, 0) is 85.9 Å². The number of amides is 4. The van der Waals surface area contributed by atoms with Gasteiger partial charge in [-0.2, -0.15) is 4.58 Å². The van der Waals surface area contributed by atoms with E-state index in [-0.39, 0.29) is 37.6 Å². The van der Waals surface area contributed by atoms with Crippen molar-refractivity contribution in [2.24, 2.45) is 0 Å². The van der Waals surface area contributed by atoms with Crippen LogP contribution in [0.1, 0.15) is 92.2 Å². The fourth-order valence-corrected chi connectivity index (χ4v) is 9.15. The predicted molar refractivity (Wildman–Crippen MR) is 246 cm³/mol. The summed E-state index contributed by atoms with van der Waals surface area (Å²) in [7, 11) is 0. The fourth-order valence-electron chi connectivity index (χ4n) is 9.15. The molecule has 3 aliphatic rings. The Labute approximate surface area is 364 Å². The van der Waals surface area contributed by atoms with Gasteiger partial charge in [0.1, 0.15) is 18.1 Å². The SMILES string of the molecule is CC.C[C@H](NC(=O)[C@@H]1CCCNC(=O)CC[N+]2=C(C=CC=C3N(CCC(=O)N[C@@H](C)C(=O)N1)c1ccc4ccccc4c1C3(C)C)C(C)(C)c1c2ccc2ccccc12)C(=O)O. The zero-order chi connectivity index (χ0) is 44.9. The van der Waals surface area contributed by atoms with Crippen LogP contribution < -0.4 is 26.2 Å². The summed E-state index contributed by atoms with van der Waals surface area (Å²) in [4.78, 5) is 67.4. The first-order chi connectivity index (χ1) is 29.6. The van der Waals surface area contributed by atoms with Crippen LogP contribution in [0.4, 0.5) is 11.4 Å². The predicted octanol–water partition coefficient (Wildman–Crippen LogP) is 6.90. The third-order valence-electron chi connectivity index (χ3n) is 12.3. The van der Waals surface area contributed by atoms with Gasteiger partial charge in [-0.25, -0.2) is 0 Å². The summed E-state index contributed by atoms with van der Waals surface area (Å²) < 4.78 is 2.24. The third kappa shape index (κ3) is 9.00. The maximum absolute atomic E-state index is 13.6. The molecule has 0 saturated carbocycles. The Morgan fingerprint density at radius 3 is 2.16 bits per heavy atom. The van der Waals surface area contributed by atoms with Gasteiger partial charge in [0.05, 0.1) is 11.8 Å². The molecule has 62 heavy (non-hydrogen) atoms. The van der Waals surface area contributed by atoms with E-state index in [0.717, 1.165) is 44.3 Å². The minimum absolute atomic E-state index is 0.0847. The van der Waals surface area contributed by atoms with E-state index in [9.17, 15) is 29.1 Å². The first-order valence-electron chi connectivity index (χ1n) is 21.8. The molecule has 4 aromatic rings. The number of hydrogen-bond acceptors (Lipinski definition) is 6. The quantitative estimate of drug-likeness (QED) is 0.140. The number of hydrogen-bond donors (Lipinski definition) is 5. The maximum Gasteiger partial charge on any atom is 0.325 e. The molecule has 0 aliphatic carbocycles. The van der Waals surface area contributed by atoms with E-state index in [2.05, 4.69) is 131 Å². The average Bonchev–Trinajstić information content (AvgIpc) is 3.61. The normalized spacial score (nSPS) is 20.9. The van der Waals surface area contributed by atoms with E-state index in [1.165, 1.54) is 18.1 Å². The van der Waals surface area contributed by atoms with Crippen molar-refractivity contribution in [1.29, 1.82) is 0 Å². The average molecular weight is 842 g/mol. The molecule has 0 unspecified atom stereocenters. The van der Waals surface area contributed by atoms with Crippen molar-refractivity contribution in [2.75, 3.05) is 24.5 Å². The lowest BCUT2D eigenvalue weighted by atomic mass is 9.79. The summed E-state index contributed by atoms with van der Waals surface area (Å²) >= 11 is 0. The minimum Gasteiger partial charge on any atom is -0.480 e. The smallest absolute Gasteiger partial charge is 0.325 e. The van der Waals surface area contributed by atoms with E-state index in [4.69, 9.17) is 0 Å². The monoisotopic (exact) mass is 841 g/mol. The molecular formula is C50H61N6O6+.